The topological polar surface area (TPSA) is 61.8 Å². The molecule has 1 aromatic carbocycles. The molecule has 0 fully saturated rings. The molecule has 1 aromatic rings. The number of benzene rings is 1. The van der Waals surface area contributed by atoms with Crippen LogP contribution in [0.3, 0.4) is 0 Å². The van der Waals surface area contributed by atoms with Gasteiger partial charge in [0.2, 0.25) is 0 Å². The van der Waals surface area contributed by atoms with E-state index in [0.29, 0.717) is 24.2 Å². The summed E-state index contributed by atoms with van der Waals surface area (Å²) in [5, 5.41) is 0.203. The van der Waals surface area contributed by atoms with Gasteiger partial charge in [-0.2, -0.15) is 0 Å². The van der Waals surface area contributed by atoms with Gasteiger partial charge in [0.1, 0.15) is 6.29 Å². The first-order chi connectivity index (χ1) is 9.53. The maximum Gasteiger partial charge on any atom is 0.347 e. The Hall–Kier alpha value is -1.75. The molecule has 20 heavy (non-hydrogen) atoms. The number of ether oxygens (including phenoxy) is 3. The summed E-state index contributed by atoms with van der Waals surface area (Å²) < 4.78 is 15.7. The molecule has 1 atom stereocenters. The lowest BCUT2D eigenvalue weighted by Gasteiger charge is -2.17. The van der Waals surface area contributed by atoms with Gasteiger partial charge in [-0.25, -0.2) is 4.79 Å². The van der Waals surface area contributed by atoms with E-state index in [4.69, 9.17) is 25.8 Å². The molecule has 1 rings (SSSR count). The van der Waals surface area contributed by atoms with Crippen LogP contribution in [-0.4, -0.2) is 31.6 Å². The van der Waals surface area contributed by atoms with E-state index < -0.39 is 12.1 Å². The third-order valence-electron chi connectivity index (χ3n) is 2.38. The Morgan fingerprint density at radius 1 is 1.35 bits per heavy atom. The summed E-state index contributed by atoms with van der Waals surface area (Å²) >= 11 is 6.06. The minimum atomic E-state index is -0.825. The highest BCUT2D eigenvalue weighted by Gasteiger charge is 2.20. The lowest BCUT2D eigenvalue weighted by Crippen LogP contribution is -2.26. The fourth-order valence-corrected chi connectivity index (χ4v) is 1.78. The Morgan fingerprint density at radius 3 is 2.60 bits per heavy atom. The molecule has 6 heteroatoms. The maximum atomic E-state index is 11.6. The van der Waals surface area contributed by atoms with E-state index in [9.17, 15) is 9.59 Å². The van der Waals surface area contributed by atoms with Crippen molar-refractivity contribution in [2.75, 3.05) is 13.2 Å². The SMILES string of the molecule is CCOC(=O)[C@H](C)Oc1c(Cl)cc(C=O)cc1OCC. The summed E-state index contributed by atoms with van der Waals surface area (Å²) in [5.74, 6) is 0.0448. The number of halogens is 1. The van der Waals surface area contributed by atoms with Gasteiger partial charge in [-0.3, -0.25) is 4.79 Å². The van der Waals surface area contributed by atoms with Gasteiger partial charge in [0, 0.05) is 5.56 Å². The van der Waals surface area contributed by atoms with Crippen LogP contribution in [0.5, 0.6) is 11.5 Å². The number of carbonyl (C=O) groups excluding carboxylic acids is 2. The van der Waals surface area contributed by atoms with Crippen LogP contribution in [0.4, 0.5) is 0 Å². The average Bonchev–Trinajstić information content (AvgIpc) is 2.42. The highest BCUT2D eigenvalue weighted by atomic mass is 35.5. The van der Waals surface area contributed by atoms with Crippen LogP contribution in [-0.2, 0) is 9.53 Å². The molecular formula is C14H17ClO5. The lowest BCUT2D eigenvalue weighted by molar-refractivity contribution is -0.150. The van der Waals surface area contributed by atoms with Gasteiger partial charge in [-0.15, -0.1) is 0 Å². The maximum absolute atomic E-state index is 11.6. The predicted octanol–water partition coefficient (Wildman–Crippen LogP) is 2.88. The van der Waals surface area contributed by atoms with Crippen molar-refractivity contribution in [1.29, 1.82) is 0 Å². The Kier molecular flexibility index (Phi) is 6.31. The average molecular weight is 301 g/mol. The zero-order valence-corrected chi connectivity index (χ0v) is 12.4. The van der Waals surface area contributed by atoms with E-state index in [-0.39, 0.29) is 17.4 Å². The van der Waals surface area contributed by atoms with Crippen molar-refractivity contribution >= 4 is 23.9 Å². The highest BCUT2D eigenvalue weighted by molar-refractivity contribution is 6.32. The molecule has 0 saturated heterocycles. The summed E-state index contributed by atoms with van der Waals surface area (Å²) in [6.45, 7) is 5.70. The van der Waals surface area contributed by atoms with Crippen LogP contribution in [0, 0.1) is 0 Å². The van der Waals surface area contributed by atoms with Gasteiger partial charge in [-0.1, -0.05) is 11.6 Å². The van der Waals surface area contributed by atoms with Gasteiger partial charge in [0.05, 0.1) is 18.2 Å². The molecule has 0 aliphatic heterocycles. The number of esters is 1. The second kappa shape index (κ2) is 7.75. The molecule has 0 amide bonds. The lowest BCUT2D eigenvalue weighted by atomic mass is 10.2. The van der Waals surface area contributed by atoms with Crippen molar-refractivity contribution < 1.29 is 23.8 Å². The molecule has 5 nitrogen and oxygen atoms in total. The summed E-state index contributed by atoms with van der Waals surface area (Å²) in [6, 6.07) is 2.96. The third kappa shape index (κ3) is 4.13. The quantitative estimate of drug-likeness (QED) is 0.572. The molecule has 0 aliphatic rings. The molecule has 0 aromatic heterocycles. The van der Waals surface area contributed by atoms with Crippen molar-refractivity contribution in [1.82, 2.24) is 0 Å². The van der Waals surface area contributed by atoms with Gasteiger partial charge < -0.3 is 14.2 Å². The number of hydrogen-bond donors (Lipinski definition) is 0. The predicted molar refractivity (Wildman–Crippen MR) is 74.7 cm³/mol. The zero-order chi connectivity index (χ0) is 15.1. The van der Waals surface area contributed by atoms with Gasteiger partial charge in [0.15, 0.2) is 17.6 Å². The Morgan fingerprint density at radius 2 is 2.05 bits per heavy atom. The van der Waals surface area contributed by atoms with Crippen molar-refractivity contribution in [2.24, 2.45) is 0 Å². The van der Waals surface area contributed by atoms with Crippen molar-refractivity contribution in [3.8, 4) is 11.5 Å². The number of aldehydes is 1. The van der Waals surface area contributed by atoms with Crippen molar-refractivity contribution in [3.05, 3.63) is 22.7 Å². The van der Waals surface area contributed by atoms with E-state index in [2.05, 4.69) is 0 Å². The molecule has 0 aliphatic carbocycles. The first-order valence-corrected chi connectivity index (χ1v) is 6.66. The normalized spacial score (nSPS) is 11.6. The van der Waals surface area contributed by atoms with Crippen LogP contribution in [0.2, 0.25) is 5.02 Å². The molecule has 110 valence electrons. The highest BCUT2D eigenvalue weighted by Crippen LogP contribution is 2.37. The fraction of sp³-hybridized carbons (Fsp3) is 0.429. The molecule has 0 bridgehead atoms. The molecule has 0 unspecified atom stereocenters. The van der Waals surface area contributed by atoms with Crippen molar-refractivity contribution in [3.63, 3.8) is 0 Å². The smallest absolute Gasteiger partial charge is 0.347 e. The van der Waals surface area contributed by atoms with Gasteiger partial charge in [0.25, 0.3) is 0 Å². The van der Waals surface area contributed by atoms with E-state index in [0.717, 1.165) is 0 Å². The number of hydrogen-bond acceptors (Lipinski definition) is 5. The van der Waals surface area contributed by atoms with E-state index in [1.165, 1.54) is 12.1 Å². The van der Waals surface area contributed by atoms with Crippen LogP contribution in [0.1, 0.15) is 31.1 Å². The Balaban J connectivity index is 3.03. The third-order valence-corrected chi connectivity index (χ3v) is 2.66. The molecule has 0 radical (unpaired) electrons. The van der Waals surface area contributed by atoms with E-state index >= 15 is 0 Å². The standard InChI is InChI=1S/C14H17ClO5/c1-4-18-12-7-10(8-16)6-11(15)13(12)20-9(3)14(17)19-5-2/h6-9H,4-5H2,1-3H3/t9-/m0/s1. The summed E-state index contributed by atoms with van der Waals surface area (Å²) in [7, 11) is 0. The van der Waals surface area contributed by atoms with Gasteiger partial charge >= 0.3 is 5.97 Å². The van der Waals surface area contributed by atoms with Crippen LogP contribution in [0.15, 0.2) is 12.1 Å². The molecule has 0 spiro atoms. The molecule has 0 heterocycles. The van der Waals surface area contributed by atoms with Gasteiger partial charge in [-0.05, 0) is 32.9 Å². The second-order valence-electron chi connectivity index (χ2n) is 3.89. The van der Waals surface area contributed by atoms with Crippen LogP contribution >= 0.6 is 11.6 Å². The second-order valence-corrected chi connectivity index (χ2v) is 4.30. The molecular weight excluding hydrogens is 284 g/mol. The summed E-state index contributed by atoms with van der Waals surface area (Å²) in [5.41, 5.74) is 0.370. The molecule has 0 N–H and O–H groups in total. The van der Waals surface area contributed by atoms with E-state index in [1.807, 2.05) is 0 Å². The van der Waals surface area contributed by atoms with Crippen LogP contribution < -0.4 is 9.47 Å². The van der Waals surface area contributed by atoms with Crippen LogP contribution in [0.25, 0.3) is 0 Å². The minimum absolute atomic E-state index is 0.203. The first-order valence-electron chi connectivity index (χ1n) is 6.28. The Labute approximate surface area is 122 Å². The largest absolute Gasteiger partial charge is 0.490 e. The summed E-state index contributed by atoms with van der Waals surface area (Å²) in [6.07, 6.45) is -0.166. The molecule has 0 saturated carbocycles. The number of rotatable bonds is 7. The van der Waals surface area contributed by atoms with Crippen molar-refractivity contribution in [2.45, 2.75) is 26.9 Å². The van der Waals surface area contributed by atoms with E-state index in [1.54, 1.807) is 20.8 Å². The summed E-state index contributed by atoms with van der Waals surface area (Å²) in [4.78, 5) is 22.4. The zero-order valence-electron chi connectivity index (χ0n) is 11.6. The fourth-order valence-electron chi connectivity index (χ4n) is 1.52. The minimum Gasteiger partial charge on any atom is -0.490 e. The monoisotopic (exact) mass is 300 g/mol. The number of carbonyl (C=O) groups is 2. The Bertz CT molecular complexity index is 487. The first kappa shape index (κ1) is 16.3.